The molecular formula is C16H23BrN2O. The molecule has 0 aromatic heterocycles. The summed E-state index contributed by atoms with van der Waals surface area (Å²) in [5.41, 5.74) is 7.80. The molecule has 0 spiro atoms. The smallest absolute Gasteiger partial charge is 0.222 e. The van der Waals surface area contributed by atoms with Gasteiger partial charge in [-0.15, -0.1) is 0 Å². The van der Waals surface area contributed by atoms with Crippen molar-refractivity contribution in [3.8, 4) is 0 Å². The first-order valence-electron chi connectivity index (χ1n) is 7.29. The van der Waals surface area contributed by atoms with E-state index >= 15 is 0 Å². The third kappa shape index (κ3) is 3.54. The fourth-order valence-electron chi connectivity index (χ4n) is 2.82. The Kier molecular flexibility index (Phi) is 5.08. The summed E-state index contributed by atoms with van der Waals surface area (Å²) >= 11 is 3.53. The van der Waals surface area contributed by atoms with Crippen LogP contribution in [0.25, 0.3) is 0 Å². The van der Waals surface area contributed by atoms with Crippen LogP contribution in [0.5, 0.6) is 0 Å². The van der Waals surface area contributed by atoms with Gasteiger partial charge in [-0.05, 0) is 36.8 Å². The van der Waals surface area contributed by atoms with Gasteiger partial charge in [0.25, 0.3) is 0 Å². The number of nitrogens with two attached hydrogens (primary N) is 1. The molecule has 2 N–H and O–H groups in total. The third-order valence-corrected chi connectivity index (χ3v) is 5.04. The van der Waals surface area contributed by atoms with Crippen molar-refractivity contribution in [3.63, 3.8) is 0 Å². The summed E-state index contributed by atoms with van der Waals surface area (Å²) in [6, 6.07) is 5.78. The first kappa shape index (κ1) is 15.4. The maximum absolute atomic E-state index is 12.3. The van der Waals surface area contributed by atoms with E-state index in [1.165, 1.54) is 0 Å². The topological polar surface area (TPSA) is 46.3 Å². The van der Waals surface area contributed by atoms with Crippen molar-refractivity contribution < 1.29 is 4.79 Å². The Labute approximate surface area is 129 Å². The third-order valence-electron chi connectivity index (χ3n) is 4.30. The molecule has 0 radical (unpaired) electrons. The summed E-state index contributed by atoms with van der Waals surface area (Å²) in [6.07, 6.45) is 2.76. The molecule has 1 unspecified atom stereocenters. The molecule has 1 aromatic carbocycles. The molecule has 1 amide bonds. The number of likely N-dealkylation sites (tertiary alicyclic amines) is 1. The summed E-state index contributed by atoms with van der Waals surface area (Å²) in [6.45, 7) is 5.94. The molecule has 4 heteroatoms. The molecule has 20 heavy (non-hydrogen) atoms. The van der Waals surface area contributed by atoms with Gasteiger partial charge in [-0.1, -0.05) is 35.8 Å². The van der Waals surface area contributed by atoms with Crippen LogP contribution in [0.4, 0.5) is 5.69 Å². The van der Waals surface area contributed by atoms with Crippen molar-refractivity contribution in [2.45, 2.75) is 39.7 Å². The summed E-state index contributed by atoms with van der Waals surface area (Å²) in [7, 11) is 0. The minimum Gasteiger partial charge on any atom is -0.398 e. The van der Waals surface area contributed by atoms with Crippen LogP contribution in [0.15, 0.2) is 22.7 Å². The quantitative estimate of drug-likeness (QED) is 0.851. The minimum absolute atomic E-state index is 0.253. The van der Waals surface area contributed by atoms with E-state index in [1.54, 1.807) is 0 Å². The Morgan fingerprint density at radius 3 is 2.80 bits per heavy atom. The van der Waals surface area contributed by atoms with Crippen LogP contribution in [0.1, 0.15) is 38.7 Å². The predicted octanol–water partition coefficient (Wildman–Crippen LogP) is 3.82. The number of anilines is 1. The fraction of sp³-hybridized carbons (Fsp3) is 0.562. The Hall–Kier alpha value is -1.03. The molecular weight excluding hydrogens is 316 g/mol. The number of halogens is 1. The highest BCUT2D eigenvalue weighted by atomic mass is 79.9. The zero-order valence-electron chi connectivity index (χ0n) is 12.2. The molecule has 0 saturated carbocycles. The van der Waals surface area contributed by atoms with Gasteiger partial charge in [-0.25, -0.2) is 0 Å². The molecule has 1 heterocycles. The van der Waals surface area contributed by atoms with Gasteiger partial charge in [0.15, 0.2) is 0 Å². The van der Waals surface area contributed by atoms with E-state index in [0.717, 1.165) is 35.1 Å². The van der Waals surface area contributed by atoms with Crippen LogP contribution >= 0.6 is 15.9 Å². The maximum Gasteiger partial charge on any atom is 0.222 e. The van der Waals surface area contributed by atoms with Gasteiger partial charge in [0.2, 0.25) is 5.91 Å². The second-order valence-electron chi connectivity index (χ2n) is 5.95. The molecule has 1 fully saturated rings. The lowest BCUT2D eigenvalue weighted by Crippen LogP contribution is -2.30. The molecule has 2 rings (SSSR count). The van der Waals surface area contributed by atoms with Crippen molar-refractivity contribution in [3.05, 3.63) is 28.2 Å². The van der Waals surface area contributed by atoms with Crippen molar-refractivity contribution in [1.29, 1.82) is 0 Å². The maximum atomic E-state index is 12.3. The number of carbonyl (C=O) groups is 1. The summed E-state index contributed by atoms with van der Waals surface area (Å²) < 4.78 is 0.981. The Morgan fingerprint density at radius 2 is 2.15 bits per heavy atom. The van der Waals surface area contributed by atoms with Crippen LogP contribution in [0, 0.1) is 11.8 Å². The van der Waals surface area contributed by atoms with Gasteiger partial charge in [0.1, 0.15) is 0 Å². The number of benzene rings is 1. The molecule has 1 saturated heterocycles. The molecule has 1 aliphatic heterocycles. The minimum atomic E-state index is 0.253. The molecule has 1 aliphatic rings. The van der Waals surface area contributed by atoms with Crippen LogP contribution in [0.2, 0.25) is 0 Å². The van der Waals surface area contributed by atoms with E-state index in [-0.39, 0.29) is 5.91 Å². The standard InChI is InChI=1S/C16H23BrN2O/c1-11(2)12-6-7-16(20)19(9-8-12)10-13-14(17)4-3-5-15(13)18/h3-5,11-12H,6-10,18H2,1-2H3. The lowest BCUT2D eigenvalue weighted by Gasteiger charge is -2.23. The Bertz CT molecular complexity index is 467. The number of hydrogen-bond acceptors (Lipinski definition) is 2. The van der Waals surface area contributed by atoms with Crippen molar-refractivity contribution in [2.24, 2.45) is 11.8 Å². The zero-order valence-corrected chi connectivity index (χ0v) is 13.8. The largest absolute Gasteiger partial charge is 0.398 e. The SMILES string of the molecule is CC(C)C1CCC(=O)N(Cc2c(N)cccc2Br)CC1. The van der Waals surface area contributed by atoms with E-state index in [4.69, 9.17) is 5.73 Å². The predicted molar refractivity (Wildman–Crippen MR) is 86.2 cm³/mol. The van der Waals surface area contributed by atoms with Crippen LogP contribution in [-0.2, 0) is 11.3 Å². The molecule has 1 aromatic rings. The van der Waals surface area contributed by atoms with Gasteiger partial charge in [-0.3, -0.25) is 4.79 Å². The fourth-order valence-corrected chi connectivity index (χ4v) is 3.33. The first-order chi connectivity index (χ1) is 9.49. The molecule has 0 aliphatic carbocycles. The normalized spacial score (nSPS) is 20.3. The molecule has 0 bridgehead atoms. The number of hydrogen-bond donors (Lipinski definition) is 1. The highest BCUT2D eigenvalue weighted by Crippen LogP contribution is 2.28. The van der Waals surface area contributed by atoms with Crippen LogP contribution in [-0.4, -0.2) is 17.4 Å². The lowest BCUT2D eigenvalue weighted by molar-refractivity contribution is -0.131. The highest BCUT2D eigenvalue weighted by molar-refractivity contribution is 9.10. The zero-order chi connectivity index (χ0) is 14.7. The van der Waals surface area contributed by atoms with Crippen LogP contribution in [0.3, 0.4) is 0 Å². The van der Waals surface area contributed by atoms with E-state index < -0.39 is 0 Å². The van der Waals surface area contributed by atoms with Gasteiger partial charge in [-0.2, -0.15) is 0 Å². The number of nitrogen functional groups attached to an aromatic ring is 1. The van der Waals surface area contributed by atoms with E-state index in [9.17, 15) is 4.79 Å². The second kappa shape index (κ2) is 6.61. The van der Waals surface area contributed by atoms with E-state index in [2.05, 4.69) is 29.8 Å². The number of rotatable bonds is 3. The van der Waals surface area contributed by atoms with Gasteiger partial charge in [0.05, 0.1) is 0 Å². The monoisotopic (exact) mass is 338 g/mol. The summed E-state index contributed by atoms with van der Waals surface area (Å²) in [4.78, 5) is 14.2. The second-order valence-corrected chi connectivity index (χ2v) is 6.81. The number of nitrogens with zero attached hydrogens (tertiary/aromatic N) is 1. The van der Waals surface area contributed by atoms with Crippen molar-refractivity contribution >= 4 is 27.5 Å². The summed E-state index contributed by atoms with van der Waals surface area (Å²) in [5.74, 6) is 1.56. The number of amides is 1. The average Bonchev–Trinajstić information content (AvgIpc) is 2.57. The van der Waals surface area contributed by atoms with Crippen molar-refractivity contribution in [2.75, 3.05) is 12.3 Å². The number of carbonyl (C=O) groups excluding carboxylic acids is 1. The van der Waals surface area contributed by atoms with Crippen LogP contribution < -0.4 is 5.73 Å². The highest BCUT2D eigenvalue weighted by Gasteiger charge is 2.25. The van der Waals surface area contributed by atoms with Crippen molar-refractivity contribution in [1.82, 2.24) is 4.90 Å². The molecule has 1 atom stereocenters. The average molecular weight is 339 g/mol. The first-order valence-corrected chi connectivity index (χ1v) is 8.09. The van der Waals surface area contributed by atoms with Gasteiger partial charge >= 0.3 is 0 Å². The van der Waals surface area contributed by atoms with Gasteiger partial charge in [0, 0.05) is 35.2 Å². The van der Waals surface area contributed by atoms with Gasteiger partial charge < -0.3 is 10.6 Å². The van der Waals surface area contributed by atoms with E-state index in [1.807, 2.05) is 23.1 Å². The Morgan fingerprint density at radius 1 is 1.40 bits per heavy atom. The summed E-state index contributed by atoms with van der Waals surface area (Å²) in [5, 5.41) is 0. The Balaban J connectivity index is 2.11. The van der Waals surface area contributed by atoms with E-state index in [0.29, 0.717) is 24.8 Å². The molecule has 3 nitrogen and oxygen atoms in total. The lowest BCUT2D eigenvalue weighted by atomic mass is 9.89. The molecule has 110 valence electrons.